The first-order valence-electron chi connectivity index (χ1n) is 6.78. The summed E-state index contributed by atoms with van der Waals surface area (Å²) in [6, 6.07) is 8.73. The first kappa shape index (κ1) is 18.6. The summed E-state index contributed by atoms with van der Waals surface area (Å²) in [7, 11) is 0. The van der Waals surface area contributed by atoms with Crippen molar-refractivity contribution in [2.24, 2.45) is 0 Å². The van der Waals surface area contributed by atoms with E-state index < -0.39 is 12.1 Å². The molecule has 124 valence electrons. The highest BCUT2D eigenvalue weighted by Crippen LogP contribution is 2.23. The van der Waals surface area contributed by atoms with Gasteiger partial charge in [0.2, 0.25) is 0 Å². The molecule has 0 unspecified atom stereocenters. The smallest absolute Gasteiger partial charge is 0.475 e. The van der Waals surface area contributed by atoms with Crippen LogP contribution in [0.2, 0.25) is 5.02 Å². The maximum atomic E-state index is 10.6. The number of nitrogens with zero attached hydrogens (tertiary/aromatic N) is 1. The fourth-order valence-electron chi connectivity index (χ4n) is 2.12. The number of carbonyl (C=O) groups is 1. The lowest BCUT2D eigenvalue weighted by Crippen LogP contribution is -2.51. The molecule has 0 aromatic heterocycles. The lowest BCUT2D eigenvalue weighted by atomic mass is 10.1. The summed E-state index contributed by atoms with van der Waals surface area (Å²) in [5, 5.41) is 11.4. The Hall–Kier alpha value is -1.47. The van der Waals surface area contributed by atoms with Gasteiger partial charge in [-0.1, -0.05) is 24.6 Å². The van der Waals surface area contributed by atoms with E-state index in [-0.39, 0.29) is 0 Å². The number of benzene rings is 1. The average Bonchev–Trinajstić information content (AvgIpc) is 2.47. The van der Waals surface area contributed by atoms with Crippen molar-refractivity contribution < 1.29 is 23.1 Å². The first-order valence-corrected chi connectivity index (χ1v) is 7.16. The van der Waals surface area contributed by atoms with Crippen molar-refractivity contribution in [3.05, 3.63) is 29.3 Å². The van der Waals surface area contributed by atoms with Crippen LogP contribution in [0.25, 0.3) is 0 Å². The number of halogens is 4. The summed E-state index contributed by atoms with van der Waals surface area (Å²) in [6.45, 7) is 5.43. The first-order chi connectivity index (χ1) is 10.3. The van der Waals surface area contributed by atoms with Gasteiger partial charge in [0.1, 0.15) is 0 Å². The van der Waals surface area contributed by atoms with E-state index >= 15 is 0 Å². The molecule has 2 N–H and O–H groups in total. The van der Waals surface area contributed by atoms with Crippen LogP contribution in [-0.4, -0.2) is 42.9 Å². The molecular weight excluding hydrogens is 321 g/mol. The summed E-state index contributed by atoms with van der Waals surface area (Å²) in [4.78, 5) is 11.3. The molecule has 0 spiro atoms. The van der Waals surface area contributed by atoms with Gasteiger partial charge in [0.15, 0.2) is 0 Å². The van der Waals surface area contributed by atoms with Crippen molar-refractivity contribution in [3.63, 3.8) is 0 Å². The number of carboxylic acid groups (broad SMARTS) is 1. The summed E-state index contributed by atoms with van der Waals surface area (Å²) < 4.78 is 31.7. The fraction of sp³-hybridized carbons (Fsp3) is 0.500. The molecule has 1 saturated heterocycles. The number of alkyl halides is 3. The van der Waals surface area contributed by atoms with Gasteiger partial charge in [0, 0.05) is 36.4 Å². The highest BCUT2D eigenvalue weighted by atomic mass is 35.5. The maximum Gasteiger partial charge on any atom is 0.490 e. The van der Waals surface area contributed by atoms with Gasteiger partial charge >= 0.3 is 12.1 Å². The number of piperazine rings is 1. The van der Waals surface area contributed by atoms with E-state index in [1.54, 1.807) is 0 Å². The molecular formula is C14H18ClF3N2O2. The van der Waals surface area contributed by atoms with Crippen LogP contribution >= 0.6 is 11.6 Å². The Bertz CT molecular complexity index is 497. The third-order valence-electron chi connectivity index (χ3n) is 3.20. The van der Waals surface area contributed by atoms with Crippen LogP contribution in [0, 0.1) is 0 Å². The van der Waals surface area contributed by atoms with Crippen LogP contribution in [0.5, 0.6) is 0 Å². The Labute approximate surface area is 131 Å². The number of aliphatic carboxylic acids is 1. The second kappa shape index (κ2) is 8.24. The van der Waals surface area contributed by atoms with Crippen LogP contribution in [0.3, 0.4) is 0 Å². The number of anilines is 1. The molecule has 0 aliphatic carbocycles. The third kappa shape index (κ3) is 5.73. The number of nitrogens with one attached hydrogen (secondary N) is 1. The van der Waals surface area contributed by atoms with Gasteiger partial charge < -0.3 is 15.3 Å². The van der Waals surface area contributed by atoms with Crippen molar-refractivity contribution in [1.82, 2.24) is 5.32 Å². The van der Waals surface area contributed by atoms with Crippen LogP contribution in [0.4, 0.5) is 18.9 Å². The second-order valence-electron chi connectivity index (χ2n) is 4.74. The van der Waals surface area contributed by atoms with E-state index in [2.05, 4.69) is 29.3 Å². The molecule has 8 heteroatoms. The summed E-state index contributed by atoms with van der Waals surface area (Å²) in [5.41, 5.74) is 1.25. The minimum absolute atomic E-state index is 0.595. The predicted molar refractivity (Wildman–Crippen MR) is 79.4 cm³/mol. The third-order valence-corrected chi connectivity index (χ3v) is 3.44. The normalized spacial score (nSPS) is 18.4. The van der Waals surface area contributed by atoms with Gasteiger partial charge in [-0.2, -0.15) is 13.2 Å². The van der Waals surface area contributed by atoms with E-state index in [9.17, 15) is 13.2 Å². The van der Waals surface area contributed by atoms with Crippen molar-refractivity contribution in [3.8, 4) is 0 Å². The average molecular weight is 339 g/mol. The minimum Gasteiger partial charge on any atom is -0.475 e. The highest BCUT2D eigenvalue weighted by Gasteiger charge is 2.38. The quantitative estimate of drug-likeness (QED) is 0.869. The van der Waals surface area contributed by atoms with Gasteiger partial charge in [-0.05, 0) is 24.6 Å². The molecule has 0 saturated carbocycles. The van der Waals surface area contributed by atoms with Crippen LogP contribution in [-0.2, 0) is 4.79 Å². The SMILES string of the molecule is CC[C@@H]1CNCCN1c1cccc(Cl)c1.O=C(O)C(F)(F)F. The highest BCUT2D eigenvalue weighted by molar-refractivity contribution is 6.30. The Morgan fingerprint density at radius 1 is 1.50 bits per heavy atom. The number of hydrogen-bond acceptors (Lipinski definition) is 3. The molecule has 1 aromatic rings. The molecule has 0 radical (unpaired) electrons. The molecule has 0 bridgehead atoms. The number of hydrogen-bond donors (Lipinski definition) is 2. The summed E-state index contributed by atoms with van der Waals surface area (Å²) in [6.07, 6.45) is -3.92. The van der Waals surface area contributed by atoms with Crippen molar-refractivity contribution in [2.45, 2.75) is 25.6 Å². The summed E-state index contributed by atoms with van der Waals surface area (Å²) in [5.74, 6) is -2.76. The zero-order valence-electron chi connectivity index (χ0n) is 12.0. The lowest BCUT2D eigenvalue weighted by Gasteiger charge is -2.37. The van der Waals surface area contributed by atoms with Gasteiger partial charge in [-0.3, -0.25) is 0 Å². The van der Waals surface area contributed by atoms with E-state index in [4.69, 9.17) is 21.5 Å². The number of carboxylic acids is 1. The molecule has 22 heavy (non-hydrogen) atoms. The van der Waals surface area contributed by atoms with Crippen LogP contribution in [0.15, 0.2) is 24.3 Å². The zero-order valence-corrected chi connectivity index (χ0v) is 12.8. The topological polar surface area (TPSA) is 52.6 Å². The molecule has 0 amide bonds. The Morgan fingerprint density at radius 3 is 2.64 bits per heavy atom. The maximum absolute atomic E-state index is 10.6. The molecule has 2 rings (SSSR count). The molecule has 1 aromatic carbocycles. The minimum atomic E-state index is -5.08. The fourth-order valence-corrected chi connectivity index (χ4v) is 2.30. The van der Waals surface area contributed by atoms with Gasteiger partial charge in [-0.25, -0.2) is 4.79 Å². The largest absolute Gasteiger partial charge is 0.490 e. The van der Waals surface area contributed by atoms with Gasteiger partial charge in [0.25, 0.3) is 0 Å². The predicted octanol–water partition coefficient (Wildman–Crippen LogP) is 3.16. The Morgan fingerprint density at radius 2 is 2.14 bits per heavy atom. The molecule has 1 aliphatic heterocycles. The van der Waals surface area contributed by atoms with Gasteiger partial charge in [-0.15, -0.1) is 0 Å². The zero-order chi connectivity index (χ0) is 16.8. The standard InChI is InChI=1S/C12H17ClN2.C2HF3O2/c1-2-11-9-14-6-7-15(11)12-5-3-4-10(13)8-12;3-2(4,5)1(6)7/h3-5,8,11,14H,2,6-7,9H2,1H3;(H,6,7)/t11-;/m1./s1. The second-order valence-corrected chi connectivity index (χ2v) is 5.18. The molecule has 1 atom stereocenters. The van der Waals surface area contributed by atoms with Gasteiger partial charge in [0.05, 0.1) is 0 Å². The molecule has 1 heterocycles. The van der Waals surface area contributed by atoms with E-state index in [0.29, 0.717) is 6.04 Å². The molecule has 1 fully saturated rings. The monoisotopic (exact) mass is 338 g/mol. The van der Waals surface area contributed by atoms with Crippen LogP contribution in [0.1, 0.15) is 13.3 Å². The number of rotatable bonds is 2. The van der Waals surface area contributed by atoms with Crippen molar-refractivity contribution >= 4 is 23.3 Å². The summed E-state index contributed by atoms with van der Waals surface area (Å²) >= 11 is 6.01. The van der Waals surface area contributed by atoms with E-state index in [1.165, 1.54) is 12.1 Å². The van der Waals surface area contributed by atoms with E-state index in [0.717, 1.165) is 24.7 Å². The van der Waals surface area contributed by atoms with E-state index in [1.807, 2.05) is 12.1 Å². The van der Waals surface area contributed by atoms with Crippen molar-refractivity contribution in [2.75, 3.05) is 24.5 Å². The van der Waals surface area contributed by atoms with Crippen LogP contribution < -0.4 is 10.2 Å². The lowest BCUT2D eigenvalue weighted by molar-refractivity contribution is -0.192. The Balaban J connectivity index is 0.000000295. The Kier molecular flexibility index (Phi) is 6.96. The molecule has 4 nitrogen and oxygen atoms in total. The molecule has 1 aliphatic rings. The van der Waals surface area contributed by atoms with Crippen molar-refractivity contribution in [1.29, 1.82) is 0 Å².